The summed E-state index contributed by atoms with van der Waals surface area (Å²) in [4.78, 5) is 10.7. The van der Waals surface area contributed by atoms with Crippen molar-refractivity contribution in [3.63, 3.8) is 0 Å². The van der Waals surface area contributed by atoms with Crippen LogP contribution in [0.1, 0.15) is 21.0 Å². The van der Waals surface area contributed by atoms with E-state index in [0.717, 1.165) is 0 Å². The highest BCUT2D eigenvalue weighted by atomic mass is 35.5. The van der Waals surface area contributed by atoms with Crippen molar-refractivity contribution in [2.75, 3.05) is 6.52 Å². The third-order valence-corrected chi connectivity index (χ3v) is 0.651. The van der Waals surface area contributed by atoms with Gasteiger partial charge in [-0.15, -0.1) is 12.4 Å². The van der Waals surface area contributed by atoms with Crippen molar-refractivity contribution >= 4 is 18.4 Å². The van der Waals surface area contributed by atoms with Gasteiger partial charge >= 0.3 is 5.97 Å². The van der Waals surface area contributed by atoms with Gasteiger partial charge in [0.2, 0.25) is 0 Å². The summed E-state index contributed by atoms with van der Waals surface area (Å²) in [6, 6.07) is -3.11. The zero-order valence-corrected chi connectivity index (χ0v) is 5.10. The van der Waals surface area contributed by atoms with E-state index in [0.29, 0.717) is 0 Å². The molecule has 0 amide bonds. The molecule has 0 saturated carbocycles. The summed E-state index contributed by atoms with van der Waals surface area (Å²) in [5.41, 5.74) is 0. The highest BCUT2D eigenvalue weighted by Gasteiger charge is 2.20. The molecule has 1 heterocycles. The van der Waals surface area contributed by atoms with Gasteiger partial charge in [0.05, 0.1) is 1.37 Å². The molecule has 0 aromatic heterocycles. The maximum absolute atomic E-state index is 10.7. The van der Waals surface area contributed by atoms with Crippen LogP contribution in [0.5, 0.6) is 0 Å². The lowest BCUT2D eigenvalue weighted by Gasteiger charge is -1.99. The molecule has 2 unspecified atom stereocenters. The molecule has 1 aliphatic heterocycles. The van der Waals surface area contributed by atoms with E-state index < -0.39 is 31.3 Å². The zero-order valence-electron chi connectivity index (χ0n) is 11.3. The van der Waals surface area contributed by atoms with Crippen LogP contribution in [0.4, 0.5) is 0 Å². The van der Waals surface area contributed by atoms with Gasteiger partial charge in [0, 0.05) is 6.85 Å². The summed E-state index contributed by atoms with van der Waals surface area (Å²) >= 11 is 0. The van der Waals surface area contributed by atoms with Crippen LogP contribution in [0.15, 0.2) is 0 Å². The fourth-order valence-electron chi connectivity index (χ4n) is 0.338. The van der Waals surface area contributed by atoms with E-state index >= 15 is 0 Å². The van der Waals surface area contributed by atoms with Crippen LogP contribution < -0.4 is 5.31 Å². The smallest absolute Gasteiger partial charge is 0.320 e. The van der Waals surface area contributed by atoms with E-state index in [1.54, 1.807) is 0 Å². The van der Waals surface area contributed by atoms with Crippen LogP contribution in [0.25, 0.3) is 0 Å². The predicted octanol–water partition coefficient (Wildman–Crippen LogP) is 0.245. The number of rotatable bonds is 1. The van der Waals surface area contributed by atoms with Gasteiger partial charge in [0.15, 0.2) is 0 Å². The summed E-state index contributed by atoms with van der Waals surface area (Å²) in [7, 11) is 0. The second kappa shape index (κ2) is 3.69. The first-order chi connectivity index (χ1) is 6.51. The van der Waals surface area contributed by atoms with Crippen LogP contribution >= 0.6 is 12.4 Å². The average Bonchev–Trinajstić information content (AvgIpc) is 2.19. The first-order valence-corrected chi connectivity index (χ1v) is 1.95. The molecular formula is C5H10ClNO2. The number of halogens is 1. The van der Waals surface area contributed by atoms with Gasteiger partial charge in [0.25, 0.3) is 0 Å². The lowest BCUT2D eigenvalue weighted by molar-refractivity contribution is -0.139. The van der Waals surface area contributed by atoms with Crippen LogP contribution in [-0.4, -0.2) is 23.6 Å². The Balaban J connectivity index is 0.00000225. The van der Waals surface area contributed by atoms with Crippen molar-refractivity contribution in [2.45, 2.75) is 18.8 Å². The van der Waals surface area contributed by atoms with Gasteiger partial charge in [0.1, 0.15) is 7.43 Å². The minimum absolute atomic E-state index is 0. The van der Waals surface area contributed by atoms with E-state index in [2.05, 4.69) is 0 Å². The van der Waals surface area contributed by atoms with E-state index in [-0.39, 0.29) is 17.7 Å². The van der Waals surface area contributed by atoms with Gasteiger partial charge in [-0.1, -0.05) is 0 Å². The molecule has 0 bridgehead atoms. The standard InChI is InChI=1S/C5H9NO2.ClH/c7-5(8)4-2-1-3-6-4;/h4,6H,1-3H2,(H,7,8);1H/i1D2,2D2,3D,4D;/hD. The lowest BCUT2D eigenvalue weighted by Crippen LogP contribution is -2.29. The Morgan fingerprint density at radius 2 is 2.78 bits per heavy atom. The van der Waals surface area contributed by atoms with E-state index in [4.69, 9.17) is 14.7 Å². The molecule has 0 spiro atoms. The molecule has 0 aromatic carbocycles. The zero-order chi connectivity index (χ0) is 12.2. The second-order valence-corrected chi connectivity index (χ2v) is 1.18. The maximum Gasteiger partial charge on any atom is 0.320 e. The molecule has 0 radical (unpaired) electrons. The van der Waals surface area contributed by atoms with Crippen molar-refractivity contribution in [1.82, 2.24) is 5.31 Å². The summed E-state index contributed by atoms with van der Waals surface area (Å²) in [6.07, 6.45) is -6.03. The molecule has 3 nitrogen and oxygen atoms in total. The van der Waals surface area contributed by atoms with Gasteiger partial charge in [-0.05, 0) is 19.3 Å². The van der Waals surface area contributed by atoms with Crippen LogP contribution in [-0.2, 0) is 4.79 Å². The Bertz CT molecular complexity index is 313. The number of carboxylic acid groups (broad SMARTS) is 1. The predicted molar refractivity (Wildman–Crippen MR) is 35.9 cm³/mol. The average molecular weight is 159 g/mol. The number of hydrogen-bond acceptors (Lipinski definition) is 2. The van der Waals surface area contributed by atoms with Crippen molar-refractivity contribution in [3.8, 4) is 0 Å². The molecule has 1 saturated heterocycles. The van der Waals surface area contributed by atoms with Crippen molar-refractivity contribution in [1.29, 1.82) is 0 Å². The summed E-state index contributed by atoms with van der Waals surface area (Å²) < 4.78 is 50.7. The molecular weight excluding hydrogens is 142 g/mol. The number of carboxylic acids is 1. The molecule has 9 heavy (non-hydrogen) atoms. The fourth-order valence-corrected chi connectivity index (χ4v) is 0.338. The molecule has 1 fully saturated rings. The quantitative estimate of drug-likeness (QED) is 0.575. The van der Waals surface area contributed by atoms with Crippen molar-refractivity contribution < 1.29 is 19.5 Å². The Kier molecular flexibility index (Phi) is 0.983. The minimum atomic E-state index is -3.14. The SMILES string of the molecule is Cl.[2H]C1N([2H])C([2H])(C(=O)O)C([2H])([2H])C1([2H])[2H]. The molecule has 54 valence electrons. The maximum atomic E-state index is 10.7. The van der Waals surface area contributed by atoms with Gasteiger partial charge in [-0.25, -0.2) is 0 Å². The first-order valence-electron chi connectivity index (χ1n) is 5.47. The van der Waals surface area contributed by atoms with E-state index in [1.165, 1.54) is 0 Å². The minimum Gasteiger partial charge on any atom is -0.480 e. The Morgan fingerprint density at radius 3 is 3.00 bits per heavy atom. The van der Waals surface area contributed by atoms with E-state index in [9.17, 15) is 4.79 Å². The fraction of sp³-hybridized carbons (Fsp3) is 0.800. The number of carbonyl (C=O) groups is 1. The summed E-state index contributed by atoms with van der Waals surface area (Å²) in [5.74, 6) is -1.99. The number of aliphatic carboxylic acids is 1. The first kappa shape index (κ1) is 2.40. The molecule has 0 aromatic rings. The monoisotopic (exact) mass is 158 g/mol. The van der Waals surface area contributed by atoms with Gasteiger partial charge in [-0.3, -0.25) is 4.79 Å². The second-order valence-electron chi connectivity index (χ2n) is 1.18. The van der Waals surface area contributed by atoms with Crippen molar-refractivity contribution in [3.05, 3.63) is 0 Å². The largest absolute Gasteiger partial charge is 0.480 e. The highest BCUT2D eigenvalue weighted by molar-refractivity contribution is 5.85. The Hall–Kier alpha value is -0.280. The molecule has 1 rings (SSSR count). The van der Waals surface area contributed by atoms with Crippen LogP contribution in [0, 0.1) is 0 Å². The number of nitrogens with one attached hydrogen (secondary N) is 1. The molecule has 1 aliphatic rings. The summed E-state index contributed by atoms with van der Waals surface area (Å²) in [6.45, 7) is -2.05. The normalized spacial score (nSPS) is 66.2. The van der Waals surface area contributed by atoms with Crippen LogP contribution in [0.3, 0.4) is 0 Å². The highest BCUT2D eigenvalue weighted by Crippen LogP contribution is 2.03. The topological polar surface area (TPSA) is 49.3 Å². The van der Waals surface area contributed by atoms with E-state index in [1.807, 2.05) is 0 Å². The van der Waals surface area contributed by atoms with Gasteiger partial charge < -0.3 is 10.4 Å². The molecule has 0 aliphatic carbocycles. The number of hydrogen-bond donors (Lipinski definition) is 2. The molecule has 2 atom stereocenters. The Labute approximate surface area is 69.7 Å². The third kappa shape index (κ3) is 2.20. The molecule has 2 N–H and O–H groups in total. The summed E-state index contributed by atoms with van der Waals surface area (Å²) in [5, 5.41) is 8.52. The third-order valence-electron chi connectivity index (χ3n) is 0.651. The lowest BCUT2D eigenvalue weighted by atomic mass is 10.2. The van der Waals surface area contributed by atoms with Crippen LogP contribution in [0.2, 0.25) is 1.41 Å². The van der Waals surface area contributed by atoms with Crippen molar-refractivity contribution in [2.24, 2.45) is 0 Å². The Morgan fingerprint density at radius 1 is 2.11 bits per heavy atom. The molecule has 4 heteroatoms. The van der Waals surface area contributed by atoms with Gasteiger partial charge in [-0.2, -0.15) is 0 Å².